The number of hydrogen-bond donors (Lipinski definition) is 2. The van der Waals surface area contributed by atoms with Crippen LogP contribution in [0.3, 0.4) is 0 Å². The lowest BCUT2D eigenvalue weighted by atomic mass is 10.2. The van der Waals surface area contributed by atoms with Crippen LogP contribution in [0.5, 0.6) is 0 Å². The van der Waals surface area contributed by atoms with Gasteiger partial charge in [-0.15, -0.1) is 11.3 Å². The minimum Gasteiger partial charge on any atom is -0.353 e. The molecule has 0 spiro atoms. The summed E-state index contributed by atoms with van der Waals surface area (Å²) >= 11 is 7.36. The Morgan fingerprint density at radius 3 is 2.92 bits per heavy atom. The first-order chi connectivity index (χ1) is 6.25. The van der Waals surface area contributed by atoms with Gasteiger partial charge < -0.3 is 5.32 Å². The normalized spacial score (nSPS) is 22.8. The molecule has 2 heterocycles. The van der Waals surface area contributed by atoms with Gasteiger partial charge in [0.25, 0.3) is 0 Å². The number of halogens is 1. The van der Waals surface area contributed by atoms with Crippen molar-refractivity contribution in [2.45, 2.75) is 6.04 Å². The molecule has 1 aromatic rings. The molecule has 1 aliphatic heterocycles. The van der Waals surface area contributed by atoms with Gasteiger partial charge in [0.05, 0.1) is 16.9 Å². The van der Waals surface area contributed by atoms with Crippen molar-refractivity contribution in [1.82, 2.24) is 10.6 Å². The van der Waals surface area contributed by atoms with Gasteiger partial charge in [-0.3, -0.25) is 10.1 Å². The van der Waals surface area contributed by atoms with Gasteiger partial charge in [-0.05, 0) is 12.1 Å². The zero-order valence-corrected chi connectivity index (χ0v) is 8.41. The Balaban J connectivity index is 2.06. The first-order valence-electron chi connectivity index (χ1n) is 4.01. The summed E-state index contributed by atoms with van der Waals surface area (Å²) in [6.07, 6.45) is 0. The molecule has 13 heavy (non-hydrogen) atoms. The number of nitrogens with one attached hydrogen (secondary N) is 2. The Morgan fingerprint density at radius 2 is 2.38 bits per heavy atom. The predicted molar refractivity (Wildman–Crippen MR) is 53.1 cm³/mol. The van der Waals surface area contributed by atoms with E-state index < -0.39 is 0 Å². The van der Waals surface area contributed by atoms with E-state index in [2.05, 4.69) is 10.6 Å². The third-order valence-corrected chi connectivity index (χ3v) is 3.29. The molecule has 2 rings (SSSR count). The molecule has 0 bridgehead atoms. The number of carbonyl (C=O) groups excluding carboxylic acids is 1. The number of rotatable bonds is 1. The van der Waals surface area contributed by atoms with Crippen LogP contribution in [0.1, 0.15) is 10.9 Å². The van der Waals surface area contributed by atoms with Crippen LogP contribution in [-0.2, 0) is 4.79 Å². The topological polar surface area (TPSA) is 41.1 Å². The molecule has 1 amide bonds. The lowest BCUT2D eigenvalue weighted by molar-refractivity contribution is -0.121. The Kier molecular flexibility index (Phi) is 2.53. The summed E-state index contributed by atoms with van der Waals surface area (Å²) in [6, 6.07) is 4.08. The molecular formula is C8H9ClN2OS. The monoisotopic (exact) mass is 216 g/mol. The smallest absolute Gasteiger partial charge is 0.234 e. The number of thiophene rings is 1. The van der Waals surface area contributed by atoms with Gasteiger partial charge in [0, 0.05) is 11.4 Å². The molecule has 0 aliphatic carbocycles. The van der Waals surface area contributed by atoms with E-state index in [1.54, 1.807) is 11.3 Å². The molecule has 3 nitrogen and oxygen atoms in total. The molecule has 1 fully saturated rings. The van der Waals surface area contributed by atoms with Gasteiger partial charge in [0.1, 0.15) is 0 Å². The van der Waals surface area contributed by atoms with Crippen LogP contribution in [0.4, 0.5) is 0 Å². The molecule has 5 heteroatoms. The second kappa shape index (κ2) is 3.65. The zero-order chi connectivity index (χ0) is 9.26. The van der Waals surface area contributed by atoms with E-state index in [4.69, 9.17) is 11.6 Å². The van der Waals surface area contributed by atoms with E-state index in [9.17, 15) is 4.79 Å². The second-order valence-electron chi connectivity index (χ2n) is 2.88. The minimum absolute atomic E-state index is 0.0545. The highest BCUT2D eigenvalue weighted by atomic mass is 35.5. The fourth-order valence-electron chi connectivity index (χ4n) is 1.28. The lowest BCUT2D eigenvalue weighted by Crippen LogP contribution is -2.46. The van der Waals surface area contributed by atoms with Crippen LogP contribution in [0.15, 0.2) is 12.1 Å². The van der Waals surface area contributed by atoms with E-state index in [-0.39, 0.29) is 11.9 Å². The SMILES string of the molecule is O=C1CNC(c2ccc(Cl)s2)CN1. The number of amides is 1. The van der Waals surface area contributed by atoms with Gasteiger partial charge >= 0.3 is 0 Å². The summed E-state index contributed by atoms with van der Waals surface area (Å²) in [5.41, 5.74) is 0. The molecule has 0 radical (unpaired) electrons. The van der Waals surface area contributed by atoms with E-state index in [0.717, 1.165) is 4.34 Å². The first-order valence-corrected chi connectivity index (χ1v) is 5.20. The maximum absolute atomic E-state index is 10.8. The van der Waals surface area contributed by atoms with Crippen molar-refractivity contribution in [3.8, 4) is 0 Å². The van der Waals surface area contributed by atoms with Gasteiger partial charge in [-0.2, -0.15) is 0 Å². The summed E-state index contributed by atoms with van der Waals surface area (Å²) in [4.78, 5) is 12.0. The molecular weight excluding hydrogens is 208 g/mol. The molecule has 1 unspecified atom stereocenters. The average Bonchev–Trinajstić information content (AvgIpc) is 2.53. The average molecular weight is 217 g/mol. The molecule has 1 aromatic heterocycles. The number of piperazine rings is 1. The van der Waals surface area contributed by atoms with Crippen LogP contribution in [0.25, 0.3) is 0 Å². The maximum Gasteiger partial charge on any atom is 0.234 e. The summed E-state index contributed by atoms with van der Waals surface area (Å²) in [5, 5.41) is 5.94. The highest BCUT2D eigenvalue weighted by Gasteiger charge is 2.19. The van der Waals surface area contributed by atoms with Gasteiger partial charge in [-0.25, -0.2) is 0 Å². The van der Waals surface area contributed by atoms with Crippen molar-refractivity contribution in [2.24, 2.45) is 0 Å². The van der Waals surface area contributed by atoms with E-state index in [0.29, 0.717) is 13.1 Å². The second-order valence-corrected chi connectivity index (χ2v) is 4.63. The zero-order valence-electron chi connectivity index (χ0n) is 6.84. The highest BCUT2D eigenvalue weighted by Crippen LogP contribution is 2.27. The molecule has 70 valence electrons. The van der Waals surface area contributed by atoms with Crippen LogP contribution in [0.2, 0.25) is 4.34 Å². The summed E-state index contributed by atoms with van der Waals surface area (Å²) in [7, 11) is 0. The standard InChI is InChI=1S/C8H9ClN2OS/c9-7-2-1-6(13-7)5-3-11-8(12)4-10-5/h1-2,5,10H,3-4H2,(H,11,12). The van der Waals surface area contributed by atoms with Crippen molar-refractivity contribution in [3.63, 3.8) is 0 Å². The van der Waals surface area contributed by atoms with Crippen LogP contribution >= 0.6 is 22.9 Å². The third kappa shape index (κ3) is 2.02. The van der Waals surface area contributed by atoms with Gasteiger partial charge in [-0.1, -0.05) is 11.6 Å². The summed E-state index contributed by atoms with van der Waals surface area (Å²) in [6.45, 7) is 1.04. The van der Waals surface area contributed by atoms with Crippen LogP contribution in [0, 0.1) is 0 Å². The van der Waals surface area contributed by atoms with E-state index >= 15 is 0 Å². The van der Waals surface area contributed by atoms with Crippen molar-refractivity contribution in [1.29, 1.82) is 0 Å². The van der Waals surface area contributed by atoms with Gasteiger partial charge in [0.2, 0.25) is 5.91 Å². The number of carbonyl (C=O) groups is 1. The Labute approximate surface area is 85.1 Å². The molecule has 1 atom stereocenters. The van der Waals surface area contributed by atoms with Crippen LogP contribution < -0.4 is 10.6 Å². The van der Waals surface area contributed by atoms with Crippen molar-refractivity contribution in [3.05, 3.63) is 21.3 Å². The minimum atomic E-state index is 0.0545. The van der Waals surface area contributed by atoms with Gasteiger partial charge in [0.15, 0.2) is 0 Å². The van der Waals surface area contributed by atoms with Crippen molar-refractivity contribution >= 4 is 28.8 Å². The van der Waals surface area contributed by atoms with E-state index in [1.165, 1.54) is 4.88 Å². The fraction of sp³-hybridized carbons (Fsp3) is 0.375. The number of hydrogen-bond acceptors (Lipinski definition) is 3. The Morgan fingerprint density at radius 1 is 1.54 bits per heavy atom. The van der Waals surface area contributed by atoms with E-state index in [1.807, 2.05) is 12.1 Å². The molecule has 1 aliphatic rings. The molecule has 0 aromatic carbocycles. The lowest BCUT2D eigenvalue weighted by Gasteiger charge is -2.22. The molecule has 0 saturated carbocycles. The predicted octanol–water partition coefficient (Wildman–Crippen LogP) is 1.16. The van der Waals surface area contributed by atoms with Crippen LogP contribution in [-0.4, -0.2) is 19.0 Å². The third-order valence-electron chi connectivity index (χ3n) is 1.95. The highest BCUT2D eigenvalue weighted by molar-refractivity contribution is 7.16. The summed E-state index contributed by atoms with van der Waals surface area (Å²) < 4.78 is 0.786. The quantitative estimate of drug-likeness (QED) is 0.740. The maximum atomic E-state index is 10.8. The Hall–Kier alpha value is -0.580. The largest absolute Gasteiger partial charge is 0.353 e. The van der Waals surface area contributed by atoms with Crippen molar-refractivity contribution < 1.29 is 4.79 Å². The Bertz CT molecular complexity index is 316. The fourth-order valence-corrected chi connectivity index (χ4v) is 2.42. The summed E-state index contributed by atoms with van der Waals surface area (Å²) in [5.74, 6) is 0.0545. The molecule has 2 N–H and O–H groups in total. The molecule has 1 saturated heterocycles. The first kappa shape index (κ1) is 8.99. The van der Waals surface area contributed by atoms with Crippen molar-refractivity contribution in [2.75, 3.05) is 13.1 Å².